The predicted octanol–water partition coefficient (Wildman–Crippen LogP) is 3.80. The molecular weight excluding hydrogens is 713 g/mol. The summed E-state index contributed by atoms with van der Waals surface area (Å²) in [6, 6.07) is -1.53. The van der Waals surface area contributed by atoms with Crippen molar-refractivity contribution in [2.45, 2.75) is 103 Å². The number of likely N-dealkylation sites (tertiary alicyclic amines) is 1. The van der Waals surface area contributed by atoms with E-state index in [0.29, 0.717) is 23.5 Å². The summed E-state index contributed by atoms with van der Waals surface area (Å²) in [6.45, 7) is 8.01. The van der Waals surface area contributed by atoms with E-state index in [9.17, 15) is 24.3 Å². The van der Waals surface area contributed by atoms with Crippen molar-refractivity contribution >= 4 is 58.2 Å². The minimum Gasteiger partial charge on any atom is -0.469 e. The molecule has 2 saturated heterocycles. The maximum Gasteiger partial charge on any atom is 0.308 e. The fourth-order valence-electron chi connectivity index (χ4n) is 6.74. The minimum atomic E-state index is -1.17. The van der Waals surface area contributed by atoms with Crippen molar-refractivity contribution in [2.75, 3.05) is 39.3 Å². The number of aromatic nitrogens is 2. The van der Waals surface area contributed by atoms with Gasteiger partial charge >= 0.3 is 11.9 Å². The number of nitrogens with zero attached hydrogens (tertiary/aromatic N) is 4. The van der Waals surface area contributed by atoms with Gasteiger partial charge in [0.05, 0.1) is 29.8 Å². The number of thioether (sulfide) groups is 1. The zero-order chi connectivity index (χ0) is 37.2. The van der Waals surface area contributed by atoms with E-state index in [4.69, 9.17) is 14.5 Å². The van der Waals surface area contributed by atoms with E-state index >= 15 is 0 Å². The molecule has 51 heavy (non-hydrogen) atoms. The van der Waals surface area contributed by atoms with Gasteiger partial charge in [-0.3, -0.25) is 29.4 Å². The zero-order valence-electron chi connectivity index (χ0n) is 30.7. The highest BCUT2D eigenvalue weighted by molar-refractivity contribution is 8.00. The molecule has 0 bridgehead atoms. The predicted molar refractivity (Wildman–Crippen MR) is 199 cm³/mol. The first kappa shape index (κ1) is 41.1. The van der Waals surface area contributed by atoms with E-state index in [1.165, 1.54) is 36.7 Å². The van der Waals surface area contributed by atoms with Gasteiger partial charge in [0.2, 0.25) is 11.8 Å². The molecule has 13 nitrogen and oxygen atoms in total. The van der Waals surface area contributed by atoms with Gasteiger partial charge < -0.3 is 24.8 Å². The fourth-order valence-corrected chi connectivity index (χ4v) is 9.21. The van der Waals surface area contributed by atoms with Crippen LogP contribution in [0.3, 0.4) is 0 Å². The lowest BCUT2D eigenvalue weighted by Gasteiger charge is -2.40. The van der Waals surface area contributed by atoms with Crippen LogP contribution in [0.4, 0.5) is 0 Å². The standard InChI is InChI=1S/C35H54N6O7S3/c1-20(2)27(41(6)34(45)30(23-17-49-18-23)39-32(44)26-10-8-9-12-40(26)5)16-28(48-22(4)42)33-38-25(19-51-33)31(43)37-24(14-21(3)35(46)47-7)15-29-36-11-13-50-29/h11,13,19-21,23-24,26-28,30-31,37,43H,8-10,12,14-18H2,1-7H3,(H,39,44)/t21-,24+,26+,27+,28+,30-,31?/m0/s1. The number of aliphatic hydroxyl groups excluding tert-OH is 1. The van der Waals surface area contributed by atoms with Crippen LogP contribution in [0, 0.1) is 17.8 Å². The summed E-state index contributed by atoms with van der Waals surface area (Å²) >= 11 is 4.52. The SMILES string of the molecule is COC(=O)[C@@H](C)C[C@H](Cc1nccs1)NC(O)c1csc([C@@H](C[C@H](C(C)C)N(C)C(=O)[C@@H](NC(=O)[C@H]2CCCCN2C)C2CSC2)OC(C)=O)n1. The van der Waals surface area contributed by atoms with E-state index < -0.39 is 30.3 Å². The lowest BCUT2D eigenvalue weighted by atomic mass is 9.93. The number of methoxy groups -OCH3 is 1. The van der Waals surface area contributed by atoms with Gasteiger partial charge in [0.1, 0.15) is 17.3 Å². The highest BCUT2D eigenvalue weighted by Gasteiger charge is 2.41. The van der Waals surface area contributed by atoms with Crippen molar-refractivity contribution in [3.63, 3.8) is 0 Å². The minimum absolute atomic E-state index is 0.0105. The third kappa shape index (κ3) is 11.4. The summed E-state index contributed by atoms with van der Waals surface area (Å²) in [5.41, 5.74) is 0.352. The third-order valence-electron chi connectivity index (χ3n) is 9.79. The summed E-state index contributed by atoms with van der Waals surface area (Å²) in [7, 11) is 5.07. The van der Waals surface area contributed by atoms with Gasteiger partial charge in [0, 0.05) is 61.8 Å². The van der Waals surface area contributed by atoms with Gasteiger partial charge in [-0.2, -0.15) is 11.8 Å². The molecule has 0 spiro atoms. The molecule has 4 rings (SSSR count). The van der Waals surface area contributed by atoms with E-state index in [1.54, 1.807) is 42.2 Å². The number of thiazole rings is 2. The van der Waals surface area contributed by atoms with Crippen molar-refractivity contribution in [3.05, 3.63) is 32.7 Å². The molecule has 4 heterocycles. The Hall–Kier alpha value is -2.63. The van der Waals surface area contributed by atoms with Gasteiger partial charge in [-0.25, -0.2) is 9.97 Å². The van der Waals surface area contributed by atoms with Crippen molar-refractivity contribution in [1.82, 2.24) is 30.4 Å². The second-order valence-corrected chi connectivity index (χ2v) is 17.0. The van der Waals surface area contributed by atoms with E-state index in [-0.39, 0.29) is 54.2 Å². The Labute approximate surface area is 313 Å². The second-order valence-electron chi connectivity index (χ2n) is 14.0. The Balaban J connectivity index is 1.49. The zero-order valence-corrected chi connectivity index (χ0v) is 33.2. The number of amides is 2. The Morgan fingerprint density at radius 2 is 1.88 bits per heavy atom. The normalized spacial score (nSPS) is 20.4. The lowest BCUT2D eigenvalue weighted by Crippen LogP contribution is -2.60. The number of aliphatic hydroxyl groups is 1. The number of esters is 2. The van der Waals surface area contributed by atoms with Crippen LogP contribution in [0.5, 0.6) is 0 Å². The molecule has 2 aromatic heterocycles. The van der Waals surface area contributed by atoms with Crippen LogP contribution in [0.25, 0.3) is 0 Å². The summed E-state index contributed by atoms with van der Waals surface area (Å²) in [6.07, 6.45) is 3.79. The van der Waals surface area contributed by atoms with Crippen LogP contribution in [0.2, 0.25) is 0 Å². The summed E-state index contributed by atoms with van der Waals surface area (Å²) in [5.74, 6) is 0.160. The highest BCUT2D eigenvalue weighted by Crippen LogP contribution is 2.34. The molecule has 1 unspecified atom stereocenters. The number of likely N-dealkylation sites (N-methyl/N-ethyl adjacent to an activating group) is 2. The van der Waals surface area contributed by atoms with Crippen molar-refractivity contribution in [1.29, 1.82) is 0 Å². The molecule has 0 aliphatic carbocycles. The third-order valence-corrected chi connectivity index (χ3v) is 12.9. The molecular formula is C35H54N6O7S3. The van der Waals surface area contributed by atoms with Crippen LogP contribution in [0.15, 0.2) is 17.0 Å². The van der Waals surface area contributed by atoms with Gasteiger partial charge in [-0.1, -0.05) is 27.2 Å². The van der Waals surface area contributed by atoms with Crippen LogP contribution < -0.4 is 10.6 Å². The van der Waals surface area contributed by atoms with Crippen LogP contribution in [0.1, 0.15) is 87.8 Å². The quantitative estimate of drug-likeness (QED) is 0.149. The molecule has 0 saturated carbocycles. The van der Waals surface area contributed by atoms with Crippen molar-refractivity contribution in [2.24, 2.45) is 17.8 Å². The molecule has 2 amide bonds. The number of ether oxygens (including phenoxy) is 2. The summed E-state index contributed by atoms with van der Waals surface area (Å²) < 4.78 is 10.7. The number of hydrogen-bond acceptors (Lipinski definition) is 14. The number of rotatable bonds is 18. The van der Waals surface area contributed by atoms with Crippen LogP contribution in [-0.2, 0) is 35.1 Å². The topological polar surface area (TPSA) is 163 Å². The maximum atomic E-state index is 14.2. The molecule has 7 atom stereocenters. The largest absolute Gasteiger partial charge is 0.469 e. The first-order valence-corrected chi connectivity index (χ1v) is 20.6. The Kier molecular flexibility index (Phi) is 15.7. The monoisotopic (exact) mass is 766 g/mol. The van der Waals surface area contributed by atoms with Gasteiger partial charge in [0.15, 0.2) is 6.10 Å². The lowest BCUT2D eigenvalue weighted by molar-refractivity contribution is -0.149. The smallest absolute Gasteiger partial charge is 0.308 e. The van der Waals surface area contributed by atoms with E-state index in [2.05, 4.69) is 20.5 Å². The second kappa shape index (κ2) is 19.4. The Morgan fingerprint density at radius 3 is 2.47 bits per heavy atom. The van der Waals surface area contributed by atoms with Crippen LogP contribution >= 0.6 is 34.4 Å². The molecule has 2 aromatic rings. The van der Waals surface area contributed by atoms with Crippen molar-refractivity contribution in [3.8, 4) is 0 Å². The van der Waals surface area contributed by atoms with Gasteiger partial charge in [-0.05, 0) is 50.3 Å². The first-order valence-electron chi connectivity index (χ1n) is 17.7. The number of hydrogen-bond donors (Lipinski definition) is 3. The Morgan fingerprint density at radius 1 is 1.14 bits per heavy atom. The number of nitrogens with one attached hydrogen (secondary N) is 2. The van der Waals surface area contributed by atoms with Gasteiger partial charge in [0.25, 0.3) is 0 Å². The van der Waals surface area contributed by atoms with Crippen LogP contribution in [-0.4, -0.2) is 112 Å². The molecule has 2 aliphatic heterocycles. The average Bonchev–Trinajstić information content (AvgIpc) is 3.77. The highest BCUT2D eigenvalue weighted by atomic mass is 32.2. The number of piperidine rings is 1. The molecule has 2 aliphatic rings. The van der Waals surface area contributed by atoms with E-state index in [0.717, 1.165) is 42.3 Å². The first-order chi connectivity index (χ1) is 24.3. The molecule has 0 radical (unpaired) electrons. The molecule has 2 fully saturated rings. The summed E-state index contributed by atoms with van der Waals surface area (Å²) in [5, 5.41) is 22.5. The molecule has 284 valence electrons. The number of carbonyl (C=O) groups is 4. The molecule has 0 aromatic carbocycles. The van der Waals surface area contributed by atoms with Crippen molar-refractivity contribution < 1.29 is 33.8 Å². The summed E-state index contributed by atoms with van der Waals surface area (Å²) in [4.78, 5) is 65.0. The molecule has 16 heteroatoms. The average molecular weight is 767 g/mol. The maximum absolute atomic E-state index is 14.2. The number of carbonyl (C=O) groups excluding carboxylic acids is 4. The van der Waals surface area contributed by atoms with E-state index in [1.807, 2.05) is 26.3 Å². The Bertz CT molecular complexity index is 1440. The molecule has 3 N–H and O–H groups in total. The van der Waals surface area contributed by atoms with Gasteiger partial charge in [-0.15, -0.1) is 22.7 Å². The fraction of sp³-hybridized carbons (Fsp3) is 0.714.